The Bertz CT molecular complexity index is 2250. The van der Waals surface area contributed by atoms with E-state index in [4.69, 9.17) is 10.5 Å². The molecule has 16 heteroatoms. The third-order valence-corrected chi connectivity index (χ3v) is 12.4. The number of esters is 1. The number of ether oxygens (including phenoxy) is 1. The van der Waals surface area contributed by atoms with E-state index >= 15 is 0 Å². The van der Waals surface area contributed by atoms with Crippen LogP contribution in [0.3, 0.4) is 0 Å². The summed E-state index contributed by atoms with van der Waals surface area (Å²) in [6.07, 6.45) is 0.467. The maximum Gasteiger partial charge on any atom is 0.328 e. The van der Waals surface area contributed by atoms with E-state index in [1.165, 1.54) is 16.9 Å². The van der Waals surface area contributed by atoms with Crippen molar-refractivity contribution in [3.63, 3.8) is 0 Å². The van der Waals surface area contributed by atoms with Gasteiger partial charge in [0.1, 0.15) is 30.2 Å². The van der Waals surface area contributed by atoms with Crippen molar-refractivity contribution in [1.29, 1.82) is 0 Å². The topological polar surface area (TPSA) is 221 Å². The molecule has 2 aliphatic rings. The minimum Gasteiger partial charge on any atom is -0.467 e. The molecule has 0 bridgehead atoms. The van der Waals surface area contributed by atoms with Crippen LogP contribution in [0.1, 0.15) is 83.1 Å². The predicted octanol–water partition coefficient (Wildman–Crippen LogP) is 2.05. The quantitative estimate of drug-likeness (QED) is 0.122. The largest absolute Gasteiger partial charge is 0.467 e. The van der Waals surface area contributed by atoms with E-state index in [0.717, 1.165) is 33.0 Å². The fraction of sp³-hybridized carbons (Fsp3) is 0.521. The number of rotatable bonds is 15. The first-order chi connectivity index (χ1) is 30.1. The van der Waals surface area contributed by atoms with Gasteiger partial charge in [-0.05, 0) is 71.3 Å². The lowest BCUT2D eigenvalue weighted by Crippen LogP contribution is -2.61. The molecule has 0 radical (unpaired) electrons. The predicted molar refractivity (Wildman–Crippen MR) is 243 cm³/mol. The second-order valence-corrected chi connectivity index (χ2v) is 19.2. The summed E-state index contributed by atoms with van der Waals surface area (Å²) in [5.74, 6) is -3.92. The van der Waals surface area contributed by atoms with Crippen molar-refractivity contribution in [2.75, 3.05) is 34.3 Å². The van der Waals surface area contributed by atoms with Crippen molar-refractivity contribution in [1.82, 2.24) is 36.4 Å². The van der Waals surface area contributed by atoms with Gasteiger partial charge in [0.05, 0.1) is 19.7 Å². The van der Waals surface area contributed by atoms with Crippen LogP contribution in [-0.4, -0.2) is 122 Å². The number of nitrogens with zero attached hydrogens (tertiary/aromatic N) is 2. The molecule has 1 saturated heterocycles. The minimum atomic E-state index is -1.07. The van der Waals surface area contributed by atoms with Crippen LogP contribution in [0.4, 0.5) is 0 Å². The van der Waals surface area contributed by atoms with Crippen molar-refractivity contribution in [3.05, 3.63) is 82.9 Å². The molecule has 2 aliphatic heterocycles. The molecule has 346 valence electrons. The summed E-state index contributed by atoms with van der Waals surface area (Å²) in [5, 5.41) is 16.4. The lowest BCUT2D eigenvalue weighted by atomic mass is 9.83. The average Bonchev–Trinajstić information content (AvgIpc) is 3.70. The Balaban J connectivity index is 1.49. The molecular formula is C48H66N8O8. The summed E-state index contributed by atoms with van der Waals surface area (Å²) in [4.78, 5) is 98.8. The van der Waals surface area contributed by atoms with Gasteiger partial charge in [0.2, 0.25) is 35.4 Å². The Morgan fingerprint density at radius 3 is 2.03 bits per heavy atom. The van der Waals surface area contributed by atoms with Crippen molar-refractivity contribution in [2.45, 2.75) is 116 Å². The van der Waals surface area contributed by atoms with Gasteiger partial charge in [0.15, 0.2) is 0 Å². The number of nitrogens with two attached hydrogens (primary N) is 1. The van der Waals surface area contributed by atoms with Crippen LogP contribution < -0.4 is 32.3 Å². The standard InChI is InChI=1S/C48H66N8O8/c1-27(51-9)42(59)54-40(48(5,6)7)45(62)55-25-33-21-31(17-18-32(33)22-36(55)41(49)58)34-23-37(56(26-34)44(61)39(47(2,3)4)53-38(57)24-50-8)43(60)52-35(46(63)64-10)20-28-15-16-29-13-11-12-14-30(29)19-28/h11-19,21,27,34-37,39-40,50-51H,20,22-26H2,1-10H3,(H2,49,58)(H,52,60)(H,53,57)(H,54,59)/t27-,34-,35-,36?,37-,39?,40?/m0/s1. The maximum atomic E-state index is 14.7. The molecule has 0 spiro atoms. The zero-order valence-electron chi connectivity index (χ0n) is 38.8. The number of nitrogens with one attached hydrogen (secondary N) is 5. The molecule has 2 heterocycles. The van der Waals surface area contributed by atoms with Gasteiger partial charge < -0.3 is 46.9 Å². The van der Waals surface area contributed by atoms with E-state index in [-0.39, 0.29) is 50.7 Å². The Morgan fingerprint density at radius 1 is 0.781 bits per heavy atom. The number of methoxy groups -OCH3 is 1. The highest BCUT2D eigenvalue weighted by atomic mass is 16.5. The number of primary amides is 1. The Kier molecular flexibility index (Phi) is 15.6. The van der Waals surface area contributed by atoms with Gasteiger partial charge in [-0.2, -0.15) is 0 Å². The molecule has 64 heavy (non-hydrogen) atoms. The van der Waals surface area contributed by atoms with Gasteiger partial charge in [-0.25, -0.2) is 4.79 Å². The number of hydrogen-bond acceptors (Lipinski definition) is 10. The van der Waals surface area contributed by atoms with Crippen LogP contribution in [-0.2, 0) is 57.7 Å². The molecule has 0 aliphatic carbocycles. The van der Waals surface area contributed by atoms with Crippen LogP contribution in [0.2, 0.25) is 0 Å². The van der Waals surface area contributed by atoms with Crippen LogP contribution in [0.25, 0.3) is 10.8 Å². The highest BCUT2D eigenvalue weighted by molar-refractivity contribution is 5.96. The summed E-state index contributed by atoms with van der Waals surface area (Å²) in [7, 11) is 4.53. The fourth-order valence-corrected chi connectivity index (χ4v) is 8.52. The first-order valence-electron chi connectivity index (χ1n) is 21.9. The van der Waals surface area contributed by atoms with Crippen LogP contribution in [0, 0.1) is 10.8 Å². The first kappa shape index (κ1) is 49.2. The van der Waals surface area contributed by atoms with Crippen LogP contribution in [0.5, 0.6) is 0 Å². The molecule has 7 atom stereocenters. The van der Waals surface area contributed by atoms with Crippen molar-refractivity contribution in [2.24, 2.45) is 16.6 Å². The second kappa shape index (κ2) is 20.3. The smallest absolute Gasteiger partial charge is 0.328 e. The average molecular weight is 883 g/mol. The molecule has 5 rings (SSSR count). The van der Waals surface area contributed by atoms with E-state index in [0.29, 0.717) is 0 Å². The van der Waals surface area contributed by atoms with Crippen LogP contribution in [0.15, 0.2) is 60.7 Å². The summed E-state index contributed by atoms with van der Waals surface area (Å²) < 4.78 is 5.15. The molecule has 3 unspecified atom stereocenters. The van der Waals surface area contributed by atoms with E-state index < -0.39 is 82.6 Å². The van der Waals surface area contributed by atoms with Gasteiger partial charge in [0.25, 0.3) is 0 Å². The molecule has 3 aromatic rings. The van der Waals surface area contributed by atoms with E-state index in [2.05, 4.69) is 26.6 Å². The number of carbonyl (C=O) groups is 7. The zero-order chi connectivity index (χ0) is 47.3. The second-order valence-electron chi connectivity index (χ2n) is 19.2. The number of amides is 6. The minimum absolute atomic E-state index is 0.0226. The molecule has 0 aromatic heterocycles. The number of likely N-dealkylation sites (tertiary alicyclic amines) is 1. The number of fused-ring (bicyclic) bond motifs is 2. The Labute approximate surface area is 376 Å². The number of likely N-dealkylation sites (N-methyl/N-ethyl adjacent to an activating group) is 2. The SMILES string of the molecule is CNCC(=O)NC(C(=O)N1C[C@@H](c2ccc3c(c2)CN(C(=O)C(NC(=O)[C@H](C)NC)C(C)(C)C)C(C(N)=O)C3)C[C@H]1C(=O)N[C@@H](Cc1ccc2ccccc2c1)C(=O)OC)C(C)(C)C. The molecule has 7 N–H and O–H groups in total. The monoisotopic (exact) mass is 883 g/mol. The lowest BCUT2D eigenvalue weighted by Gasteiger charge is -2.41. The van der Waals surface area contributed by atoms with Crippen molar-refractivity contribution < 1.29 is 38.3 Å². The molecule has 0 saturated carbocycles. The van der Waals surface area contributed by atoms with Gasteiger partial charge in [0, 0.05) is 31.8 Å². The molecule has 1 fully saturated rings. The van der Waals surface area contributed by atoms with E-state index in [1.54, 1.807) is 21.0 Å². The zero-order valence-corrected chi connectivity index (χ0v) is 38.8. The fourth-order valence-electron chi connectivity index (χ4n) is 8.52. The third-order valence-electron chi connectivity index (χ3n) is 12.4. The number of carbonyl (C=O) groups excluding carboxylic acids is 7. The van der Waals surface area contributed by atoms with Gasteiger partial charge >= 0.3 is 5.97 Å². The van der Waals surface area contributed by atoms with Crippen molar-refractivity contribution in [3.8, 4) is 0 Å². The van der Waals surface area contributed by atoms with E-state index in [9.17, 15) is 33.6 Å². The molecule has 3 aromatic carbocycles. The summed E-state index contributed by atoms with van der Waals surface area (Å²) >= 11 is 0. The summed E-state index contributed by atoms with van der Waals surface area (Å²) in [5.41, 5.74) is 7.59. The normalized spacial score (nSPS) is 19.4. The van der Waals surface area contributed by atoms with E-state index in [1.807, 2.05) is 102 Å². The lowest BCUT2D eigenvalue weighted by molar-refractivity contribution is -0.147. The summed E-state index contributed by atoms with van der Waals surface area (Å²) in [6.45, 7) is 12.8. The van der Waals surface area contributed by atoms with Gasteiger partial charge in [-0.3, -0.25) is 28.8 Å². The maximum absolute atomic E-state index is 14.7. The van der Waals surface area contributed by atoms with Gasteiger partial charge in [-0.1, -0.05) is 102 Å². The highest BCUT2D eigenvalue weighted by Crippen LogP contribution is 2.37. The van der Waals surface area contributed by atoms with Crippen LogP contribution >= 0.6 is 0 Å². The number of benzene rings is 3. The number of hydrogen-bond donors (Lipinski definition) is 6. The summed E-state index contributed by atoms with van der Waals surface area (Å²) in [6, 6.07) is 13.7. The highest BCUT2D eigenvalue weighted by Gasteiger charge is 2.47. The third kappa shape index (κ3) is 11.4. The van der Waals surface area contributed by atoms with Crippen molar-refractivity contribution >= 4 is 52.2 Å². The Hall–Kier alpha value is -5.87. The molecule has 6 amide bonds. The Morgan fingerprint density at radius 2 is 1.42 bits per heavy atom. The first-order valence-corrected chi connectivity index (χ1v) is 21.9. The van der Waals surface area contributed by atoms with Gasteiger partial charge in [-0.15, -0.1) is 0 Å². The molecular weight excluding hydrogens is 817 g/mol. The molecule has 16 nitrogen and oxygen atoms in total.